The number of nitrogens with zero attached hydrogens (tertiary/aromatic N) is 5. The Balaban J connectivity index is 1.81. The van der Waals surface area contributed by atoms with Crippen LogP contribution in [0.25, 0.3) is 5.69 Å². The first-order valence-electron chi connectivity index (χ1n) is 6.83. The standard InChI is InChI=1S/C14H16N6S/c1-3-12-9-15-13(21-12)10(2)16-14-17-18-19-20(14)11-7-5-4-6-8-11/h4-10H,3H2,1-2H3,(H,16,17,19). The van der Waals surface area contributed by atoms with Crippen LogP contribution in [-0.2, 0) is 6.42 Å². The van der Waals surface area contributed by atoms with Gasteiger partial charge >= 0.3 is 0 Å². The number of thiazole rings is 1. The van der Waals surface area contributed by atoms with Gasteiger partial charge in [0.2, 0.25) is 5.95 Å². The van der Waals surface area contributed by atoms with Crippen molar-refractivity contribution in [2.75, 3.05) is 5.32 Å². The molecule has 0 aliphatic rings. The molecule has 0 saturated heterocycles. The number of aryl methyl sites for hydroxylation is 1. The molecule has 1 aromatic carbocycles. The Hall–Kier alpha value is -2.28. The fourth-order valence-corrected chi connectivity index (χ4v) is 2.82. The zero-order chi connectivity index (χ0) is 14.7. The van der Waals surface area contributed by atoms with Gasteiger partial charge in [-0.1, -0.05) is 30.2 Å². The Morgan fingerprint density at radius 2 is 2.10 bits per heavy atom. The molecular weight excluding hydrogens is 284 g/mol. The molecule has 1 N–H and O–H groups in total. The van der Waals surface area contributed by atoms with E-state index in [0.29, 0.717) is 5.95 Å². The summed E-state index contributed by atoms with van der Waals surface area (Å²) in [6.45, 7) is 4.19. The molecule has 0 amide bonds. The zero-order valence-electron chi connectivity index (χ0n) is 11.9. The summed E-state index contributed by atoms with van der Waals surface area (Å²) in [6, 6.07) is 9.86. The lowest BCUT2D eigenvalue weighted by Gasteiger charge is -2.11. The van der Waals surface area contributed by atoms with E-state index in [9.17, 15) is 0 Å². The molecule has 0 bridgehead atoms. The van der Waals surface area contributed by atoms with Crippen LogP contribution >= 0.6 is 11.3 Å². The molecule has 0 saturated carbocycles. The molecule has 3 aromatic rings. The first-order chi connectivity index (χ1) is 10.3. The lowest BCUT2D eigenvalue weighted by molar-refractivity contribution is 0.779. The van der Waals surface area contributed by atoms with Gasteiger partial charge in [0.15, 0.2) is 0 Å². The van der Waals surface area contributed by atoms with Gasteiger partial charge in [0.1, 0.15) is 5.01 Å². The van der Waals surface area contributed by atoms with Gasteiger partial charge in [-0.2, -0.15) is 4.68 Å². The molecule has 0 aliphatic heterocycles. The maximum absolute atomic E-state index is 4.45. The molecule has 1 atom stereocenters. The highest BCUT2D eigenvalue weighted by Gasteiger charge is 2.14. The van der Waals surface area contributed by atoms with E-state index in [2.05, 4.69) is 39.7 Å². The van der Waals surface area contributed by atoms with Crippen LogP contribution < -0.4 is 5.32 Å². The van der Waals surface area contributed by atoms with Crippen LogP contribution in [0.15, 0.2) is 36.5 Å². The number of hydrogen-bond acceptors (Lipinski definition) is 6. The average Bonchev–Trinajstić information content (AvgIpc) is 3.17. The van der Waals surface area contributed by atoms with Crippen LogP contribution in [0.1, 0.15) is 29.8 Å². The molecule has 1 unspecified atom stereocenters. The van der Waals surface area contributed by atoms with Crippen molar-refractivity contribution < 1.29 is 0 Å². The molecule has 2 heterocycles. The summed E-state index contributed by atoms with van der Waals surface area (Å²) in [4.78, 5) is 5.73. The third-order valence-corrected chi connectivity index (χ3v) is 4.43. The fraction of sp³-hybridized carbons (Fsp3) is 0.286. The normalized spacial score (nSPS) is 12.3. The molecular formula is C14H16N6S. The average molecular weight is 300 g/mol. The first kappa shape index (κ1) is 13.7. The fourth-order valence-electron chi connectivity index (χ4n) is 1.96. The van der Waals surface area contributed by atoms with Gasteiger partial charge in [-0.15, -0.1) is 11.3 Å². The quantitative estimate of drug-likeness (QED) is 0.784. The number of aromatic nitrogens is 5. The summed E-state index contributed by atoms with van der Waals surface area (Å²) in [7, 11) is 0. The van der Waals surface area contributed by atoms with Gasteiger partial charge in [0, 0.05) is 11.1 Å². The SMILES string of the molecule is CCc1cnc(C(C)Nc2nnnn2-c2ccccc2)s1. The predicted molar refractivity (Wildman–Crippen MR) is 82.7 cm³/mol. The predicted octanol–water partition coefficient (Wildman–Crippen LogP) is 2.85. The van der Waals surface area contributed by atoms with Gasteiger partial charge in [0.05, 0.1) is 11.7 Å². The number of benzene rings is 1. The van der Waals surface area contributed by atoms with Gasteiger partial charge in [-0.25, -0.2) is 4.98 Å². The van der Waals surface area contributed by atoms with E-state index >= 15 is 0 Å². The lowest BCUT2D eigenvalue weighted by Crippen LogP contribution is -2.11. The maximum Gasteiger partial charge on any atom is 0.248 e. The monoisotopic (exact) mass is 300 g/mol. The summed E-state index contributed by atoms with van der Waals surface area (Å²) in [5, 5.41) is 16.2. The van der Waals surface area contributed by atoms with Crippen molar-refractivity contribution in [3.63, 3.8) is 0 Å². The Kier molecular flexibility index (Phi) is 3.92. The molecule has 6 nitrogen and oxygen atoms in total. The molecule has 3 rings (SSSR count). The van der Waals surface area contributed by atoms with Crippen molar-refractivity contribution in [3.05, 3.63) is 46.4 Å². The smallest absolute Gasteiger partial charge is 0.248 e. The second-order valence-corrected chi connectivity index (χ2v) is 5.78. The highest BCUT2D eigenvalue weighted by Crippen LogP contribution is 2.23. The Morgan fingerprint density at radius 1 is 1.29 bits per heavy atom. The summed E-state index contributed by atoms with van der Waals surface area (Å²) in [6.07, 6.45) is 2.94. The van der Waals surface area contributed by atoms with E-state index < -0.39 is 0 Å². The molecule has 0 spiro atoms. The van der Waals surface area contributed by atoms with Crippen molar-refractivity contribution in [1.82, 2.24) is 25.2 Å². The third-order valence-electron chi connectivity index (χ3n) is 3.11. The largest absolute Gasteiger partial charge is 0.344 e. The van der Waals surface area contributed by atoms with E-state index in [4.69, 9.17) is 0 Å². The van der Waals surface area contributed by atoms with E-state index in [1.165, 1.54) is 4.88 Å². The molecule has 7 heteroatoms. The molecule has 0 aliphatic carbocycles. The third kappa shape index (κ3) is 2.92. The van der Waals surface area contributed by atoms with Crippen LogP contribution in [0.5, 0.6) is 0 Å². The molecule has 2 aromatic heterocycles. The number of hydrogen-bond donors (Lipinski definition) is 1. The van der Waals surface area contributed by atoms with Crippen molar-refractivity contribution in [3.8, 4) is 5.69 Å². The van der Waals surface area contributed by atoms with Crippen molar-refractivity contribution in [2.45, 2.75) is 26.3 Å². The highest BCUT2D eigenvalue weighted by molar-refractivity contribution is 7.11. The number of anilines is 1. The second kappa shape index (κ2) is 6.01. The highest BCUT2D eigenvalue weighted by atomic mass is 32.1. The molecule has 108 valence electrons. The van der Waals surface area contributed by atoms with E-state index in [1.807, 2.05) is 36.5 Å². The van der Waals surface area contributed by atoms with Crippen LogP contribution in [-0.4, -0.2) is 25.2 Å². The van der Waals surface area contributed by atoms with Gasteiger partial charge in [-0.3, -0.25) is 0 Å². The van der Waals surface area contributed by atoms with Crippen LogP contribution in [0.3, 0.4) is 0 Å². The summed E-state index contributed by atoms with van der Waals surface area (Å²) in [5.41, 5.74) is 0.922. The van der Waals surface area contributed by atoms with Crippen molar-refractivity contribution in [2.24, 2.45) is 0 Å². The van der Waals surface area contributed by atoms with E-state index in [0.717, 1.165) is 17.1 Å². The topological polar surface area (TPSA) is 68.5 Å². The minimum absolute atomic E-state index is 0.0590. The van der Waals surface area contributed by atoms with Crippen LogP contribution in [0.4, 0.5) is 5.95 Å². The number of rotatable bonds is 5. The maximum atomic E-state index is 4.45. The van der Waals surface area contributed by atoms with E-state index in [-0.39, 0.29) is 6.04 Å². The second-order valence-electron chi connectivity index (χ2n) is 4.63. The summed E-state index contributed by atoms with van der Waals surface area (Å²) in [5.74, 6) is 0.613. The van der Waals surface area contributed by atoms with Gasteiger partial charge < -0.3 is 5.32 Å². The van der Waals surface area contributed by atoms with Crippen LogP contribution in [0.2, 0.25) is 0 Å². The number of nitrogens with one attached hydrogen (secondary N) is 1. The lowest BCUT2D eigenvalue weighted by atomic mass is 10.3. The zero-order valence-corrected chi connectivity index (χ0v) is 12.7. The minimum atomic E-state index is 0.0590. The minimum Gasteiger partial charge on any atom is -0.344 e. The van der Waals surface area contributed by atoms with Crippen molar-refractivity contribution >= 4 is 17.3 Å². The Bertz CT molecular complexity index is 705. The first-order valence-corrected chi connectivity index (χ1v) is 7.64. The number of tetrazole rings is 1. The molecule has 0 fully saturated rings. The Labute approximate surface area is 126 Å². The molecule has 21 heavy (non-hydrogen) atoms. The number of para-hydroxylation sites is 1. The van der Waals surface area contributed by atoms with Crippen LogP contribution in [0, 0.1) is 0 Å². The summed E-state index contributed by atoms with van der Waals surface area (Å²) >= 11 is 1.71. The van der Waals surface area contributed by atoms with Crippen molar-refractivity contribution in [1.29, 1.82) is 0 Å². The van der Waals surface area contributed by atoms with Gasteiger partial charge in [0.25, 0.3) is 0 Å². The Morgan fingerprint density at radius 3 is 2.81 bits per heavy atom. The molecule has 0 radical (unpaired) electrons. The van der Waals surface area contributed by atoms with E-state index in [1.54, 1.807) is 16.0 Å². The van der Waals surface area contributed by atoms with Gasteiger partial charge in [-0.05, 0) is 35.9 Å². The summed E-state index contributed by atoms with van der Waals surface area (Å²) < 4.78 is 1.69.